The molecule has 0 saturated heterocycles. The minimum Gasteiger partial charge on any atom is -0.348 e. The van der Waals surface area contributed by atoms with Crippen LogP contribution in [0, 0.1) is 5.41 Å². The van der Waals surface area contributed by atoms with Gasteiger partial charge in [-0.25, -0.2) is 0 Å². The Hall–Kier alpha value is -0.760. The fourth-order valence-electron chi connectivity index (χ4n) is 3.96. The smallest absolute Gasteiger partial charge is 0.0333 e. The summed E-state index contributed by atoms with van der Waals surface area (Å²) in [6.07, 6.45) is 11.6. The van der Waals surface area contributed by atoms with Crippen LogP contribution in [0.15, 0.2) is 12.3 Å². The highest BCUT2D eigenvalue weighted by Crippen LogP contribution is 2.42. The van der Waals surface area contributed by atoms with Crippen molar-refractivity contribution in [3.05, 3.63) is 23.5 Å². The van der Waals surface area contributed by atoms with E-state index in [0.29, 0.717) is 5.41 Å². The third-order valence-corrected chi connectivity index (χ3v) is 4.85. The van der Waals surface area contributed by atoms with Crippen molar-refractivity contribution in [3.63, 3.8) is 0 Å². The lowest BCUT2D eigenvalue weighted by molar-refractivity contribution is 0.263. The van der Waals surface area contributed by atoms with E-state index in [1.807, 2.05) is 0 Å². The fourth-order valence-corrected chi connectivity index (χ4v) is 3.96. The van der Waals surface area contributed by atoms with Gasteiger partial charge >= 0.3 is 0 Å². The number of nitrogens with two attached hydrogens (primary N) is 1. The lowest BCUT2D eigenvalue weighted by Crippen LogP contribution is -2.31. The van der Waals surface area contributed by atoms with Gasteiger partial charge in [-0.2, -0.15) is 0 Å². The van der Waals surface area contributed by atoms with Gasteiger partial charge in [0, 0.05) is 24.0 Å². The molecular formula is C16H26N2. The maximum atomic E-state index is 6.35. The minimum atomic E-state index is 0.244. The predicted octanol–water partition coefficient (Wildman–Crippen LogP) is 3.97. The number of aromatic nitrogens is 1. The van der Waals surface area contributed by atoms with Crippen LogP contribution in [0.3, 0.4) is 0 Å². The van der Waals surface area contributed by atoms with Crippen molar-refractivity contribution in [1.82, 2.24) is 4.57 Å². The van der Waals surface area contributed by atoms with Crippen molar-refractivity contribution in [3.8, 4) is 0 Å². The zero-order valence-corrected chi connectivity index (χ0v) is 11.8. The molecule has 1 saturated carbocycles. The first kappa shape index (κ1) is 12.3. The van der Waals surface area contributed by atoms with Crippen molar-refractivity contribution in [2.45, 2.75) is 70.9 Å². The molecule has 1 atom stereocenters. The summed E-state index contributed by atoms with van der Waals surface area (Å²) in [6, 6.07) is 3.27. The molecule has 0 amide bonds. The van der Waals surface area contributed by atoms with E-state index >= 15 is 0 Å². The molecule has 2 aliphatic rings. The quantitative estimate of drug-likeness (QED) is 0.798. The molecule has 0 aromatic carbocycles. The summed E-state index contributed by atoms with van der Waals surface area (Å²) < 4.78 is 2.56. The highest BCUT2D eigenvalue weighted by atomic mass is 15.0. The van der Waals surface area contributed by atoms with Crippen molar-refractivity contribution in [2.24, 2.45) is 11.1 Å². The SMILES string of the molecule is CC1(C)Cc2c(ccn2C2CCCCC2)C(N)C1. The molecule has 0 bridgehead atoms. The largest absolute Gasteiger partial charge is 0.348 e. The molecule has 1 unspecified atom stereocenters. The summed E-state index contributed by atoms with van der Waals surface area (Å²) in [7, 11) is 0. The maximum Gasteiger partial charge on any atom is 0.0333 e. The Labute approximate surface area is 111 Å². The van der Waals surface area contributed by atoms with Gasteiger partial charge in [0.2, 0.25) is 0 Å². The van der Waals surface area contributed by atoms with Crippen molar-refractivity contribution < 1.29 is 0 Å². The molecule has 0 spiro atoms. The Balaban J connectivity index is 1.93. The molecular weight excluding hydrogens is 220 g/mol. The monoisotopic (exact) mass is 246 g/mol. The predicted molar refractivity (Wildman–Crippen MR) is 75.6 cm³/mol. The standard InChI is InChI=1S/C16H26N2/c1-16(2)10-14(17)13-8-9-18(15(13)11-16)12-6-4-3-5-7-12/h8-9,12,14H,3-7,10-11,17H2,1-2H3. The minimum absolute atomic E-state index is 0.244. The molecule has 2 N–H and O–H groups in total. The zero-order chi connectivity index (χ0) is 12.8. The number of hydrogen-bond acceptors (Lipinski definition) is 1. The van der Waals surface area contributed by atoms with Crippen molar-refractivity contribution in [1.29, 1.82) is 0 Å². The number of rotatable bonds is 1. The first-order chi connectivity index (χ1) is 8.57. The van der Waals surface area contributed by atoms with Gasteiger partial charge in [-0.05, 0) is 42.7 Å². The molecule has 0 radical (unpaired) electrons. The first-order valence-corrected chi connectivity index (χ1v) is 7.52. The van der Waals surface area contributed by atoms with Gasteiger partial charge < -0.3 is 10.3 Å². The number of hydrogen-bond donors (Lipinski definition) is 1. The molecule has 1 fully saturated rings. The Morgan fingerprint density at radius 1 is 1.22 bits per heavy atom. The summed E-state index contributed by atoms with van der Waals surface area (Å²) in [5.41, 5.74) is 9.66. The molecule has 18 heavy (non-hydrogen) atoms. The van der Waals surface area contributed by atoms with Gasteiger partial charge in [0.15, 0.2) is 0 Å². The van der Waals surface area contributed by atoms with Crippen LogP contribution in [0.2, 0.25) is 0 Å². The number of fused-ring (bicyclic) bond motifs is 1. The van der Waals surface area contributed by atoms with E-state index in [-0.39, 0.29) is 6.04 Å². The molecule has 100 valence electrons. The molecule has 1 heterocycles. The zero-order valence-electron chi connectivity index (χ0n) is 11.8. The average molecular weight is 246 g/mol. The van der Waals surface area contributed by atoms with E-state index in [4.69, 9.17) is 5.73 Å². The molecule has 0 aliphatic heterocycles. The van der Waals surface area contributed by atoms with Crippen molar-refractivity contribution >= 4 is 0 Å². The van der Waals surface area contributed by atoms with Gasteiger partial charge in [0.25, 0.3) is 0 Å². The van der Waals surface area contributed by atoms with Crippen LogP contribution >= 0.6 is 0 Å². The summed E-state index contributed by atoms with van der Waals surface area (Å²) in [5, 5.41) is 0. The summed E-state index contributed by atoms with van der Waals surface area (Å²) in [6.45, 7) is 4.71. The van der Waals surface area contributed by atoms with E-state index < -0.39 is 0 Å². The lowest BCUT2D eigenvalue weighted by Gasteiger charge is -2.36. The molecule has 1 aromatic heterocycles. The van der Waals surface area contributed by atoms with Gasteiger partial charge in [0.1, 0.15) is 0 Å². The molecule has 2 nitrogen and oxygen atoms in total. The lowest BCUT2D eigenvalue weighted by atomic mass is 9.74. The van der Waals surface area contributed by atoms with Gasteiger partial charge in [-0.15, -0.1) is 0 Å². The molecule has 1 aromatic rings. The van der Waals surface area contributed by atoms with Crippen LogP contribution in [0.4, 0.5) is 0 Å². The second-order valence-corrected chi connectivity index (χ2v) is 7.07. The maximum absolute atomic E-state index is 6.35. The second-order valence-electron chi connectivity index (χ2n) is 7.07. The van der Waals surface area contributed by atoms with Crippen LogP contribution < -0.4 is 5.73 Å². The van der Waals surface area contributed by atoms with Crippen LogP contribution in [-0.2, 0) is 6.42 Å². The Morgan fingerprint density at radius 2 is 1.94 bits per heavy atom. The normalized spacial score (nSPS) is 28.1. The average Bonchev–Trinajstić information content (AvgIpc) is 2.72. The second kappa shape index (κ2) is 4.41. The number of nitrogens with zero attached hydrogens (tertiary/aromatic N) is 1. The first-order valence-electron chi connectivity index (χ1n) is 7.52. The third-order valence-electron chi connectivity index (χ3n) is 4.85. The van der Waals surface area contributed by atoms with E-state index in [9.17, 15) is 0 Å². The Morgan fingerprint density at radius 3 is 2.67 bits per heavy atom. The Kier molecular flexibility index (Phi) is 3.01. The third kappa shape index (κ3) is 2.11. The van der Waals surface area contributed by atoms with Crippen molar-refractivity contribution in [2.75, 3.05) is 0 Å². The summed E-state index contributed by atoms with van der Waals surface area (Å²) in [4.78, 5) is 0. The highest BCUT2D eigenvalue weighted by Gasteiger charge is 2.33. The van der Waals surface area contributed by atoms with Crippen LogP contribution in [-0.4, -0.2) is 4.57 Å². The van der Waals surface area contributed by atoms with Gasteiger partial charge in [-0.3, -0.25) is 0 Å². The van der Waals surface area contributed by atoms with E-state index in [1.54, 1.807) is 0 Å². The van der Waals surface area contributed by atoms with E-state index in [0.717, 1.165) is 12.5 Å². The van der Waals surface area contributed by atoms with Crippen LogP contribution in [0.25, 0.3) is 0 Å². The van der Waals surface area contributed by atoms with E-state index in [1.165, 1.54) is 49.8 Å². The summed E-state index contributed by atoms with van der Waals surface area (Å²) >= 11 is 0. The molecule has 2 aliphatic carbocycles. The topological polar surface area (TPSA) is 30.9 Å². The van der Waals surface area contributed by atoms with Gasteiger partial charge in [-0.1, -0.05) is 33.1 Å². The van der Waals surface area contributed by atoms with Crippen LogP contribution in [0.5, 0.6) is 0 Å². The Bertz CT molecular complexity index is 424. The van der Waals surface area contributed by atoms with Gasteiger partial charge in [0.05, 0.1) is 0 Å². The summed E-state index contributed by atoms with van der Waals surface area (Å²) in [5.74, 6) is 0. The van der Waals surface area contributed by atoms with Crippen LogP contribution in [0.1, 0.15) is 75.7 Å². The molecule has 2 heteroatoms. The molecule has 3 rings (SSSR count). The highest BCUT2D eigenvalue weighted by molar-refractivity contribution is 5.30. The fraction of sp³-hybridized carbons (Fsp3) is 0.750. The van der Waals surface area contributed by atoms with E-state index in [2.05, 4.69) is 30.7 Å².